The normalized spacial score (nSPS) is 18.2. The average Bonchev–Trinajstić information content (AvgIpc) is 1.56. The lowest BCUT2D eigenvalue weighted by atomic mass is 9.78. The number of allylic oxidation sites excluding steroid dienone is 8. The number of nitrogens with zero attached hydrogens (tertiary/aromatic N) is 4. The third kappa shape index (κ3) is 16.6. The van der Waals surface area contributed by atoms with Crippen LogP contribution in [0.15, 0.2) is 169 Å². The van der Waals surface area contributed by atoms with Crippen LogP contribution in [-0.2, 0) is 123 Å². The minimum absolute atomic E-state index is 0.00456. The Morgan fingerprint density at radius 2 is 0.943 bits per heavy atom. The molecule has 1 atom stereocenters. The van der Waals surface area contributed by atoms with E-state index in [0.717, 1.165) is 27.7 Å². The molecule has 570 valence electrons. The smallest absolute Gasteiger partial charge is 0.237 e. The summed E-state index contributed by atoms with van der Waals surface area (Å²) in [6.07, 6.45) is 8.69. The van der Waals surface area contributed by atoms with Gasteiger partial charge in [-0.2, -0.15) is 17.8 Å². The number of benzene rings is 7. The van der Waals surface area contributed by atoms with Gasteiger partial charge in [0.05, 0.1) is 55.2 Å². The van der Waals surface area contributed by atoms with Crippen LogP contribution in [-0.4, -0.2) is 144 Å². The van der Waals surface area contributed by atoms with E-state index in [1.165, 1.54) is 76.2 Å². The number of hydrogen-bond acceptors (Lipinski definition) is 34. The fourth-order valence-corrected chi connectivity index (χ4v) is 19.3. The van der Waals surface area contributed by atoms with Crippen molar-refractivity contribution in [2.75, 3.05) is 33.3 Å². The van der Waals surface area contributed by atoms with E-state index in [4.69, 9.17) is 4.18 Å². The quantitative estimate of drug-likeness (QED) is 0.0213. The summed E-state index contributed by atoms with van der Waals surface area (Å²) in [6, 6.07) is 20.9. The second-order valence-electron chi connectivity index (χ2n) is 26.1. The average molecular weight is 1660 g/mol. The van der Waals surface area contributed by atoms with Crippen LogP contribution >= 0.6 is 24.1 Å². The Morgan fingerprint density at radius 3 is 1.45 bits per heavy atom. The van der Waals surface area contributed by atoms with Gasteiger partial charge in [0.1, 0.15) is 79.5 Å². The maximum Gasteiger partial charge on any atom is 0.237 e. The van der Waals surface area contributed by atoms with Crippen molar-refractivity contribution in [1.82, 2.24) is 0 Å². The third-order valence-corrected chi connectivity index (χ3v) is 24.2. The highest BCUT2D eigenvalue weighted by Crippen LogP contribution is 2.55. The van der Waals surface area contributed by atoms with E-state index in [1.54, 1.807) is 97.9 Å². The van der Waals surface area contributed by atoms with Gasteiger partial charge in [-0.1, -0.05) is 52.0 Å². The van der Waals surface area contributed by atoms with Gasteiger partial charge in [0.2, 0.25) is 23.1 Å². The lowest BCUT2D eigenvalue weighted by Gasteiger charge is -2.28. The first-order valence-corrected chi connectivity index (χ1v) is 43.0. The number of hydrogen-bond donors (Lipinski definition) is 0. The standard InChI is InChI=1S/C33H32N2O18S6.C29H30N2O12S4/c1-32(2)26(34(16-56(39,40)41)22-11-9-19-13-21(58(45,46)47)15-24(51-55(37)38)28(19)30(22)32)6-5-7-27-33(3,4)31-23(35(27)17-57(42,43)44)10-8-18-12-20(54-53-52-36)14-25(29(18)31)59(48,49)50;1-28(2)22-15-19(44-43-42-32)9-13-23(22)30(16-45(33,34)35)25(28)6-5-7-26-29(3,4)27-21-11-10-20(47(39,40)41)14-18(21)8-12-24(27)31(26)17-46(36,37)38/h5-15H,16-17H2,1-4H3,(H5-,36,37,38,39,40,41,42,43,44,45,46,47,48,49,50);5-15H,16-17H2,1-4H3,(H3-,32,33,34,35,36,37,38,39,40,41)/p-8. The molecule has 0 fully saturated rings. The SMILES string of the molecule is CC1(C)C(=CC=CC2=[N+](CS(=O)(=O)[O-])c3ccc4cc(S(=O)(=O)[O-])ccc4c3C2(C)C)N(CS(=O)(=O)[O-])c2ccc(SOO[O-])cc21.CC1(C)C(C=CC=C2N(CS(=O)(=O)[O-])c3ccc4cc(SOO[O-])cc(S(=O)(=O)[O-])c4c3C2(C)C)=[N+](CS(=O)(=O)[O-])c2ccc3cc(S(=O)(=O)[O-])cc(OS(=O)[O-])c3c21. The molecule has 0 aliphatic carbocycles. The van der Waals surface area contributed by atoms with Crippen molar-refractivity contribution < 1.29 is 142 Å². The summed E-state index contributed by atoms with van der Waals surface area (Å²) < 4.78 is 294. The van der Waals surface area contributed by atoms with Gasteiger partial charge < -0.3 is 60.9 Å². The monoisotopic (exact) mass is 1650 g/mol. The second kappa shape index (κ2) is 28.8. The Balaban J connectivity index is 0.000000233. The molecule has 44 heteroatoms. The molecule has 11 rings (SSSR count). The molecule has 0 amide bonds. The predicted molar refractivity (Wildman–Crippen MR) is 367 cm³/mol. The Bertz CT molecular complexity index is 5990. The summed E-state index contributed by atoms with van der Waals surface area (Å²) >= 11 is -2.35. The van der Waals surface area contributed by atoms with Crippen LogP contribution in [0.1, 0.15) is 77.6 Å². The summed E-state index contributed by atoms with van der Waals surface area (Å²) in [5, 5.41) is 28.4. The summed E-state index contributed by atoms with van der Waals surface area (Å²) in [6.45, 7) is 13.4. The van der Waals surface area contributed by atoms with E-state index in [-0.39, 0.29) is 60.4 Å². The molecule has 0 bridgehead atoms. The Kier molecular flexibility index (Phi) is 22.1. The van der Waals surface area contributed by atoms with Crippen LogP contribution < -0.4 is 24.5 Å². The van der Waals surface area contributed by atoms with Crippen LogP contribution in [0.2, 0.25) is 0 Å². The van der Waals surface area contributed by atoms with Gasteiger partial charge >= 0.3 is 0 Å². The van der Waals surface area contributed by atoms with Crippen molar-refractivity contribution in [1.29, 1.82) is 0 Å². The zero-order valence-electron chi connectivity index (χ0n) is 55.6. The molecule has 0 saturated heterocycles. The van der Waals surface area contributed by atoms with Gasteiger partial charge in [0.25, 0.3) is 0 Å². The lowest BCUT2D eigenvalue weighted by Crippen LogP contribution is -2.31. The molecule has 0 N–H and O–H groups in total. The molecule has 0 saturated carbocycles. The van der Waals surface area contributed by atoms with Crippen LogP contribution in [0, 0.1) is 0 Å². The second-order valence-corrected chi connectivity index (χ2v) is 37.8. The topological polar surface area (TPSA) is 545 Å². The Morgan fingerprint density at radius 1 is 0.472 bits per heavy atom. The molecule has 7 aromatic carbocycles. The maximum atomic E-state index is 12.7. The van der Waals surface area contributed by atoms with Crippen LogP contribution in [0.4, 0.5) is 22.7 Å². The zero-order valence-corrected chi connectivity index (χ0v) is 63.8. The van der Waals surface area contributed by atoms with Crippen molar-refractivity contribution in [2.45, 2.75) is 102 Å². The summed E-state index contributed by atoms with van der Waals surface area (Å²) in [5.41, 5.74) is -1.38. The minimum atomic E-state index is -5.28. The zero-order chi connectivity index (χ0) is 78.6. The molecule has 7 aromatic rings. The molecule has 4 aliphatic heterocycles. The predicted octanol–water partition coefficient (Wildman–Crippen LogP) is 4.42. The van der Waals surface area contributed by atoms with Crippen molar-refractivity contribution in [2.24, 2.45) is 0 Å². The van der Waals surface area contributed by atoms with Crippen molar-refractivity contribution in [3.8, 4) is 5.75 Å². The van der Waals surface area contributed by atoms with Crippen LogP contribution in [0.3, 0.4) is 0 Å². The van der Waals surface area contributed by atoms with E-state index < -0.39 is 148 Å². The molecule has 1 unspecified atom stereocenters. The van der Waals surface area contributed by atoms with Gasteiger partial charge in [-0.3, -0.25) is 10.1 Å². The van der Waals surface area contributed by atoms with Crippen LogP contribution in [0.5, 0.6) is 5.75 Å². The van der Waals surface area contributed by atoms with Gasteiger partial charge in [0.15, 0.2) is 31.7 Å². The largest absolute Gasteiger partial charge is 0.747 e. The fraction of sp³-hybridized carbons (Fsp3) is 0.258. The molecule has 0 radical (unpaired) electrons. The highest BCUT2D eigenvalue weighted by molar-refractivity contribution is 7.95. The molecule has 0 spiro atoms. The van der Waals surface area contributed by atoms with Gasteiger partial charge in [-0.25, -0.2) is 63.1 Å². The first-order chi connectivity index (χ1) is 48.7. The highest BCUT2D eigenvalue weighted by Gasteiger charge is 2.50. The van der Waals surface area contributed by atoms with E-state index in [0.29, 0.717) is 79.7 Å². The third-order valence-electron chi connectivity index (χ3n) is 17.9. The Labute approximate surface area is 618 Å². The van der Waals surface area contributed by atoms with Gasteiger partial charge in [0, 0.05) is 84.0 Å². The molecule has 4 heterocycles. The van der Waals surface area contributed by atoms with E-state index in [1.807, 2.05) is 0 Å². The molecular formula is C62H54N4O30S10-8. The van der Waals surface area contributed by atoms with Gasteiger partial charge in [-0.05, 0) is 145 Å². The highest BCUT2D eigenvalue weighted by atomic mass is 32.2. The molecule has 34 nitrogen and oxygen atoms in total. The van der Waals surface area contributed by atoms with Crippen LogP contribution in [0.25, 0.3) is 32.3 Å². The lowest BCUT2D eigenvalue weighted by molar-refractivity contribution is -0.777. The van der Waals surface area contributed by atoms with Crippen molar-refractivity contribution in [3.63, 3.8) is 0 Å². The van der Waals surface area contributed by atoms with Gasteiger partial charge in [-0.15, -0.1) is 0 Å². The first kappa shape index (κ1) is 81.5. The maximum absolute atomic E-state index is 12.7. The summed E-state index contributed by atoms with van der Waals surface area (Å²) in [4.78, 5) is 0.827. The van der Waals surface area contributed by atoms with E-state index in [2.05, 4.69) is 18.7 Å². The van der Waals surface area contributed by atoms with Crippen molar-refractivity contribution >= 4 is 173 Å². The van der Waals surface area contributed by atoms with Crippen molar-refractivity contribution in [3.05, 3.63) is 167 Å². The van der Waals surface area contributed by atoms with E-state index >= 15 is 0 Å². The van der Waals surface area contributed by atoms with E-state index in [9.17, 15) is 110 Å². The Hall–Kier alpha value is -7.04. The first-order valence-electron chi connectivity index (χ1n) is 29.9. The summed E-state index contributed by atoms with van der Waals surface area (Å²) in [5.74, 6) is -4.77. The molecule has 4 aliphatic rings. The molecule has 106 heavy (non-hydrogen) atoms. The number of fused-ring (bicyclic) bond motifs is 10. The molecular weight excluding hydrogens is 1600 g/mol. The fourth-order valence-electron chi connectivity index (χ4n) is 14.0. The molecule has 0 aromatic heterocycles. The number of anilines is 2. The number of rotatable bonds is 23. The minimum Gasteiger partial charge on any atom is -0.747 e. The summed E-state index contributed by atoms with van der Waals surface area (Å²) in [7, 11) is -34.9.